The number of carbonyl (C=O) groups excluding carboxylic acids is 2. The number of nitrogens with one attached hydrogen (secondary N) is 1. The van der Waals surface area contributed by atoms with Gasteiger partial charge in [-0.25, -0.2) is 8.42 Å². The molecule has 0 saturated heterocycles. The molecule has 0 aliphatic heterocycles. The quantitative estimate of drug-likeness (QED) is 0.111. The van der Waals surface area contributed by atoms with Crippen LogP contribution in [0.1, 0.15) is 30.5 Å². The summed E-state index contributed by atoms with van der Waals surface area (Å²) in [5.74, 6) is -0.431. The largest absolute Gasteiger partial charge is 0.497 e. The van der Waals surface area contributed by atoms with Crippen molar-refractivity contribution in [2.45, 2.75) is 44.7 Å². The summed E-state index contributed by atoms with van der Waals surface area (Å²) in [6, 6.07) is 25.3. The zero-order valence-corrected chi connectivity index (χ0v) is 30.1. The molecule has 0 aromatic heterocycles. The van der Waals surface area contributed by atoms with Gasteiger partial charge in [0.15, 0.2) is 0 Å². The lowest BCUT2D eigenvalue weighted by molar-refractivity contribution is -0.385. The van der Waals surface area contributed by atoms with Crippen molar-refractivity contribution >= 4 is 49.1 Å². The second-order valence-electron chi connectivity index (χ2n) is 11.9. The Morgan fingerprint density at radius 3 is 2.22 bits per heavy atom. The van der Waals surface area contributed by atoms with Crippen molar-refractivity contribution in [1.29, 1.82) is 0 Å². The number of aryl methyl sites for hydroxylation is 1. The van der Waals surface area contributed by atoms with Gasteiger partial charge in [-0.3, -0.25) is 24.0 Å². The van der Waals surface area contributed by atoms with Gasteiger partial charge < -0.3 is 15.0 Å². The van der Waals surface area contributed by atoms with Gasteiger partial charge in [0.05, 0.1) is 22.6 Å². The molecular weight excluding hydrogens is 712 g/mol. The Labute approximate surface area is 295 Å². The van der Waals surface area contributed by atoms with Gasteiger partial charge in [-0.2, -0.15) is 0 Å². The van der Waals surface area contributed by atoms with Crippen molar-refractivity contribution in [3.63, 3.8) is 0 Å². The Morgan fingerprint density at radius 1 is 0.939 bits per heavy atom. The third-order valence-electron chi connectivity index (χ3n) is 7.80. The molecule has 0 fully saturated rings. The number of anilines is 1. The minimum absolute atomic E-state index is 0.00260. The Morgan fingerprint density at radius 2 is 1.61 bits per heavy atom. The molecule has 13 heteroatoms. The van der Waals surface area contributed by atoms with Crippen LogP contribution >= 0.6 is 15.9 Å². The molecule has 0 bridgehead atoms. The molecule has 4 rings (SSSR count). The number of halogens is 1. The number of rotatable bonds is 15. The number of ether oxygens (including phenoxy) is 1. The molecule has 0 heterocycles. The number of nitro groups is 1. The van der Waals surface area contributed by atoms with Crippen LogP contribution in [0.3, 0.4) is 0 Å². The second-order valence-corrected chi connectivity index (χ2v) is 14.7. The predicted octanol–water partition coefficient (Wildman–Crippen LogP) is 6.28. The molecule has 4 aromatic rings. The summed E-state index contributed by atoms with van der Waals surface area (Å²) in [4.78, 5) is 40.7. The number of amides is 2. The molecule has 0 aliphatic rings. The number of hydrogen-bond acceptors (Lipinski definition) is 7. The summed E-state index contributed by atoms with van der Waals surface area (Å²) in [6.45, 7) is 5.11. The maximum absolute atomic E-state index is 14.6. The molecule has 0 aliphatic carbocycles. The van der Waals surface area contributed by atoms with Crippen molar-refractivity contribution in [3.8, 4) is 5.75 Å². The van der Waals surface area contributed by atoms with E-state index in [-0.39, 0.29) is 46.6 Å². The summed E-state index contributed by atoms with van der Waals surface area (Å²) < 4.78 is 35.6. The first-order chi connectivity index (χ1) is 23.3. The third-order valence-corrected chi connectivity index (χ3v) is 10.1. The van der Waals surface area contributed by atoms with E-state index in [1.165, 1.54) is 43.2 Å². The van der Waals surface area contributed by atoms with Crippen LogP contribution < -0.4 is 14.4 Å². The molecule has 0 saturated carbocycles. The van der Waals surface area contributed by atoms with Gasteiger partial charge in [-0.05, 0) is 66.4 Å². The van der Waals surface area contributed by atoms with Crippen LogP contribution in [0.2, 0.25) is 0 Å². The zero-order valence-electron chi connectivity index (χ0n) is 27.7. The van der Waals surface area contributed by atoms with Crippen molar-refractivity contribution in [1.82, 2.24) is 10.2 Å². The average Bonchev–Trinajstić information content (AvgIpc) is 3.08. The molecule has 49 heavy (non-hydrogen) atoms. The van der Waals surface area contributed by atoms with Crippen LogP contribution in [0.25, 0.3) is 0 Å². The van der Waals surface area contributed by atoms with Gasteiger partial charge in [-0.1, -0.05) is 78.3 Å². The molecule has 258 valence electrons. The smallest absolute Gasteiger partial charge is 0.273 e. The Balaban J connectivity index is 1.84. The van der Waals surface area contributed by atoms with Gasteiger partial charge in [0.25, 0.3) is 15.7 Å². The summed E-state index contributed by atoms with van der Waals surface area (Å²) in [7, 11) is -3.08. The van der Waals surface area contributed by atoms with Crippen LogP contribution in [-0.4, -0.2) is 56.3 Å². The standard InChI is InChI=1S/C36H39BrN4O7S/c1-25(2)22-38-36(43)34(20-27-9-6-5-7-10-27)39(23-28-11-8-12-29(37)19-28)35(42)24-40(30-14-16-31(48-4)17-15-30)49(46,47)32-18-13-26(3)33(21-32)41(44)45/h5-19,21,25,34H,20,22-24H2,1-4H3,(H,38,43)/t34-/m0/s1. The fourth-order valence-electron chi connectivity index (χ4n) is 5.16. The lowest BCUT2D eigenvalue weighted by atomic mass is 10.0. The van der Waals surface area contributed by atoms with Gasteiger partial charge in [0.2, 0.25) is 11.8 Å². The molecule has 0 spiro atoms. The molecule has 1 atom stereocenters. The van der Waals surface area contributed by atoms with Crippen LogP contribution in [0.5, 0.6) is 5.75 Å². The van der Waals surface area contributed by atoms with Crippen molar-refractivity contribution in [2.24, 2.45) is 5.92 Å². The highest BCUT2D eigenvalue weighted by atomic mass is 79.9. The highest BCUT2D eigenvalue weighted by Gasteiger charge is 2.35. The van der Waals surface area contributed by atoms with Crippen molar-refractivity contribution in [2.75, 3.05) is 24.5 Å². The van der Waals surface area contributed by atoms with E-state index in [1.807, 2.05) is 68.4 Å². The molecule has 11 nitrogen and oxygen atoms in total. The van der Waals surface area contributed by atoms with Crippen LogP contribution in [0.4, 0.5) is 11.4 Å². The molecule has 0 radical (unpaired) electrons. The number of benzene rings is 4. The molecule has 2 amide bonds. The summed E-state index contributed by atoms with van der Waals surface area (Å²) in [6.07, 6.45) is 0.171. The molecule has 1 N–H and O–H groups in total. The van der Waals surface area contributed by atoms with Gasteiger partial charge in [0, 0.05) is 35.6 Å². The lowest BCUT2D eigenvalue weighted by Crippen LogP contribution is -2.53. The van der Waals surface area contributed by atoms with E-state index in [9.17, 15) is 28.1 Å². The first-order valence-corrected chi connectivity index (χ1v) is 17.8. The fraction of sp³-hybridized carbons (Fsp3) is 0.278. The third kappa shape index (κ3) is 9.67. The van der Waals surface area contributed by atoms with Gasteiger partial charge in [-0.15, -0.1) is 0 Å². The second kappa shape index (κ2) is 16.6. The fourth-order valence-corrected chi connectivity index (χ4v) is 7.04. The normalized spacial score (nSPS) is 11.9. The average molecular weight is 752 g/mol. The Kier molecular flexibility index (Phi) is 12.5. The number of sulfonamides is 1. The Bertz CT molecular complexity index is 1890. The highest BCUT2D eigenvalue weighted by Crippen LogP contribution is 2.30. The first-order valence-electron chi connectivity index (χ1n) is 15.6. The minimum Gasteiger partial charge on any atom is -0.497 e. The highest BCUT2D eigenvalue weighted by molar-refractivity contribution is 9.10. The number of nitro benzene ring substituents is 1. The number of hydrogen-bond donors (Lipinski definition) is 1. The Hall–Kier alpha value is -4.75. The van der Waals surface area contributed by atoms with Gasteiger partial charge in [0.1, 0.15) is 18.3 Å². The number of methoxy groups -OCH3 is 1. The number of nitrogens with zero attached hydrogens (tertiary/aromatic N) is 3. The van der Waals surface area contributed by atoms with E-state index >= 15 is 0 Å². The predicted molar refractivity (Wildman–Crippen MR) is 192 cm³/mol. The summed E-state index contributed by atoms with van der Waals surface area (Å²) in [5.41, 5.74) is 1.57. The summed E-state index contributed by atoms with van der Waals surface area (Å²) >= 11 is 3.48. The SMILES string of the molecule is COc1ccc(N(CC(=O)N(Cc2cccc(Br)c2)[C@@H](Cc2ccccc2)C(=O)NCC(C)C)S(=O)(=O)c2ccc(C)c([N+](=O)[O-])c2)cc1. The van der Waals surface area contributed by atoms with Crippen LogP contribution in [0.15, 0.2) is 106 Å². The molecule has 0 unspecified atom stereocenters. The maximum atomic E-state index is 14.6. The van der Waals surface area contributed by atoms with Crippen molar-refractivity contribution < 1.29 is 27.7 Å². The molecular formula is C36H39BrN4O7S. The minimum atomic E-state index is -4.55. The molecule has 4 aromatic carbocycles. The van der Waals surface area contributed by atoms with Crippen LogP contribution in [0, 0.1) is 23.0 Å². The van der Waals surface area contributed by atoms with E-state index < -0.39 is 33.4 Å². The van der Waals surface area contributed by atoms with Crippen LogP contribution in [-0.2, 0) is 32.6 Å². The van der Waals surface area contributed by atoms with Gasteiger partial charge >= 0.3 is 0 Å². The van der Waals surface area contributed by atoms with E-state index in [0.29, 0.717) is 17.9 Å². The van der Waals surface area contributed by atoms with E-state index in [1.54, 1.807) is 12.1 Å². The van der Waals surface area contributed by atoms with E-state index in [4.69, 9.17) is 4.74 Å². The topological polar surface area (TPSA) is 139 Å². The number of carbonyl (C=O) groups is 2. The van der Waals surface area contributed by atoms with E-state index in [0.717, 1.165) is 20.4 Å². The zero-order chi connectivity index (χ0) is 35.7. The summed E-state index contributed by atoms with van der Waals surface area (Å²) in [5, 5.41) is 14.7. The monoisotopic (exact) mass is 750 g/mol. The lowest BCUT2D eigenvalue weighted by Gasteiger charge is -2.34. The van der Waals surface area contributed by atoms with Crippen molar-refractivity contribution in [3.05, 3.63) is 128 Å². The first kappa shape index (κ1) is 37.1. The van der Waals surface area contributed by atoms with E-state index in [2.05, 4.69) is 21.2 Å². The maximum Gasteiger partial charge on any atom is 0.273 e.